The van der Waals surface area contributed by atoms with E-state index >= 15 is 0 Å². The molecule has 0 radical (unpaired) electrons. The number of hydrazine groups is 1. The quantitative estimate of drug-likeness (QED) is 0.904. The maximum absolute atomic E-state index is 13.2. The first-order chi connectivity index (χ1) is 11.0. The highest BCUT2D eigenvalue weighted by Gasteiger charge is 2.53. The third-order valence-corrected chi connectivity index (χ3v) is 4.07. The van der Waals surface area contributed by atoms with Crippen LogP contribution in [0.1, 0.15) is 25.8 Å². The number of hydrogen-bond acceptors (Lipinski definition) is 2. The van der Waals surface area contributed by atoms with E-state index in [-0.39, 0.29) is 11.7 Å². The number of benzene rings is 2. The van der Waals surface area contributed by atoms with Gasteiger partial charge >= 0.3 is 5.91 Å². The van der Waals surface area contributed by atoms with Gasteiger partial charge < -0.3 is 0 Å². The van der Waals surface area contributed by atoms with Gasteiger partial charge in [-0.05, 0) is 31.2 Å². The van der Waals surface area contributed by atoms with Crippen molar-refractivity contribution in [1.29, 1.82) is 0 Å². The summed E-state index contributed by atoms with van der Waals surface area (Å²) in [5, 5.41) is 1.54. The molecule has 1 atom stereocenters. The average Bonchev–Trinajstić information content (AvgIpc) is 2.82. The summed E-state index contributed by atoms with van der Waals surface area (Å²) >= 11 is 0. The van der Waals surface area contributed by atoms with E-state index in [0.29, 0.717) is 6.42 Å². The Bertz CT molecular complexity index is 743. The van der Waals surface area contributed by atoms with Crippen LogP contribution in [-0.4, -0.2) is 16.8 Å². The molecule has 0 aliphatic carbocycles. The third-order valence-electron chi connectivity index (χ3n) is 4.07. The SMILES string of the molecule is CCC1=[NH+]C(C)(c2ccc(F)cc2)C(=O)N1Nc1ccccc1. The van der Waals surface area contributed by atoms with Crippen molar-refractivity contribution in [2.45, 2.75) is 25.8 Å². The number of rotatable bonds is 4. The lowest BCUT2D eigenvalue weighted by Crippen LogP contribution is -2.82. The number of hydrogen-bond donors (Lipinski definition) is 2. The molecular formula is C18H19FN3O+. The Labute approximate surface area is 134 Å². The van der Waals surface area contributed by atoms with Crippen LogP contribution in [0.15, 0.2) is 54.6 Å². The number of carbonyl (C=O) groups is 1. The zero-order valence-corrected chi connectivity index (χ0v) is 13.1. The van der Waals surface area contributed by atoms with E-state index in [1.165, 1.54) is 12.1 Å². The van der Waals surface area contributed by atoms with Gasteiger partial charge in [-0.1, -0.05) is 42.3 Å². The van der Waals surface area contributed by atoms with Crippen LogP contribution in [0, 0.1) is 5.82 Å². The summed E-state index contributed by atoms with van der Waals surface area (Å²) in [5.74, 6) is 0.345. The smallest absolute Gasteiger partial charge is 0.256 e. The maximum atomic E-state index is 13.2. The first-order valence-corrected chi connectivity index (χ1v) is 7.61. The van der Waals surface area contributed by atoms with Crippen LogP contribution in [0.2, 0.25) is 0 Å². The summed E-state index contributed by atoms with van der Waals surface area (Å²) in [7, 11) is 0. The van der Waals surface area contributed by atoms with Crippen molar-refractivity contribution in [3.8, 4) is 0 Å². The van der Waals surface area contributed by atoms with Crippen molar-refractivity contribution < 1.29 is 14.2 Å². The van der Waals surface area contributed by atoms with Crippen LogP contribution < -0.4 is 10.4 Å². The van der Waals surface area contributed by atoms with Gasteiger partial charge in [0.25, 0.3) is 5.84 Å². The van der Waals surface area contributed by atoms with Gasteiger partial charge in [-0.2, -0.15) is 0 Å². The van der Waals surface area contributed by atoms with Gasteiger partial charge in [-0.3, -0.25) is 4.99 Å². The highest BCUT2D eigenvalue weighted by molar-refractivity contribution is 6.04. The van der Waals surface area contributed by atoms with Crippen LogP contribution in [0.5, 0.6) is 0 Å². The minimum atomic E-state index is -0.916. The van der Waals surface area contributed by atoms with Gasteiger partial charge in [-0.15, -0.1) is 0 Å². The molecule has 2 aromatic carbocycles. The van der Waals surface area contributed by atoms with Crippen LogP contribution in [0.25, 0.3) is 0 Å². The van der Waals surface area contributed by atoms with Gasteiger partial charge in [0.15, 0.2) is 0 Å². The number of nitrogens with one attached hydrogen (secondary N) is 2. The van der Waals surface area contributed by atoms with E-state index in [0.717, 1.165) is 17.1 Å². The standard InChI is InChI=1S/C18H18FN3O/c1-3-16-20-18(2,13-9-11-14(19)12-10-13)17(23)22(16)21-15-7-5-4-6-8-15/h4-12,21H,3H2,1-2H3/p+1. The Kier molecular flexibility index (Phi) is 3.86. The van der Waals surface area contributed by atoms with Gasteiger partial charge in [0, 0.05) is 12.0 Å². The Morgan fingerprint density at radius 2 is 1.78 bits per heavy atom. The first kappa shape index (κ1) is 15.2. The van der Waals surface area contributed by atoms with E-state index in [1.54, 1.807) is 17.1 Å². The molecule has 1 amide bonds. The minimum absolute atomic E-state index is 0.121. The molecule has 1 heterocycles. The number of amidine groups is 1. The molecule has 0 aromatic heterocycles. The molecule has 2 aromatic rings. The van der Waals surface area contributed by atoms with Crippen LogP contribution in [-0.2, 0) is 10.3 Å². The fraction of sp³-hybridized carbons (Fsp3) is 0.222. The summed E-state index contributed by atoms with van der Waals surface area (Å²) in [5.41, 5.74) is 3.78. The molecule has 0 bridgehead atoms. The maximum Gasteiger partial charge on any atom is 0.385 e. The van der Waals surface area contributed by atoms with Crippen molar-refractivity contribution in [2.24, 2.45) is 0 Å². The van der Waals surface area contributed by atoms with Crippen molar-refractivity contribution >= 4 is 17.4 Å². The van der Waals surface area contributed by atoms with Gasteiger partial charge in [0.05, 0.1) is 5.69 Å². The van der Waals surface area contributed by atoms with Crippen LogP contribution >= 0.6 is 0 Å². The molecule has 2 N–H and O–H groups in total. The summed E-state index contributed by atoms with van der Waals surface area (Å²) in [6, 6.07) is 15.5. The van der Waals surface area contributed by atoms with E-state index in [2.05, 4.69) is 10.4 Å². The lowest BCUT2D eigenvalue weighted by molar-refractivity contribution is -0.534. The molecule has 0 spiro atoms. The van der Waals surface area contributed by atoms with Crippen LogP contribution in [0.4, 0.5) is 10.1 Å². The molecule has 118 valence electrons. The zero-order chi connectivity index (χ0) is 16.4. The second kappa shape index (κ2) is 5.83. The van der Waals surface area contributed by atoms with Crippen molar-refractivity contribution in [1.82, 2.24) is 5.01 Å². The highest BCUT2D eigenvalue weighted by Crippen LogP contribution is 2.23. The molecule has 23 heavy (non-hydrogen) atoms. The second-order valence-corrected chi connectivity index (χ2v) is 5.68. The molecule has 1 aliphatic rings. The van der Waals surface area contributed by atoms with Gasteiger partial charge in [0.2, 0.25) is 5.54 Å². The normalized spacial score (nSPS) is 20.6. The van der Waals surface area contributed by atoms with E-state index in [1.807, 2.05) is 44.2 Å². The predicted octanol–water partition coefficient (Wildman–Crippen LogP) is 1.80. The van der Waals surface area contributed by atoms with E-state index in [4.69, 9.17) is 0 Å². The number of nitrogens with zero attached hydrogens (tertiary/aromatic N) is 1. The van der Waals surface area contributed by atoms with Crippen molar-refractivity contribution in [2.75, 3.05) is 5.43 Å². The molecule has 3 rings (SSSR count). The van der Waals surface area contributed by atoms with Gasteiger partial charge in [0.1, 0.15) is 5.82 Å². The third kappa shape index (κ3) is 2.70. The Morgan fingerprint density at radius 1 is 1.13 bits per heavy atom. The summed E-state index contributed by atoms with van der Waals surface area (Å²) in [6.07, 6.45) is 0.669. The Morgan fingerprint density at radius 3 is 2.39 bits per heavy atom. The number of anilines is 1. The molecule has 1 unspecified atom stereocenters. The number of amides is 1. The summed E-state index contributed by atoms with van der Waals surface area (Å²) < 4.78 is 13.2. The van der Waals surface area contributed by atoms with Crippen LogP contribution in [0.3, 0.4) is 0 Å². The average molecular weight is 312 g/mol. The molecular weight excluding hydrogens is 293 g/mol. The Balaban J connectivity index is 1.94. The zero-order valence-electron chi connectivity index (χ0n) is 13.1. The van der Waals surface area contributed by atoms with Crippen molar-refractivity contribution in [3.63, 3.8) is 0 Å². The number of halogens is 1. The number of para-hydroxylation sites is 1. The highest BCUT2D eigenvalue weighted by atomic mass is 19.1. The topological polar surface area (TPSA) is 46.3 Å². The summed E-state index contributed by atoms with van der Waals surface area (Å²) in [4.78, 5) is 16.3. The van der Waals surface area contributed by atoms with E-state index in [9.17, 15) is 9.18 Å². The molecule has 1 aliphatic heterocycles. The Hall–Kier alpha value is -2.69. The largest absolute Gasteiger partial charge is 0.385 e. The fourth-order valence-electron chi connectivity index (χ4n) is 2.73. The molecule has 4 nitrogen and oxygen atoms in total. The van der Waals surface area contributed by atoms with Gasteiger partial charge in [-0.25, -0.2) is 14.6 Å². The monoisotopic (exact) mass is 312 g/mol. The second-order valence-electron chi connectivity index (χ2n) is 5.68. The lowest BCUT2D eigenvalue weighted by atomic mass is 9.92. The number of carbonyl (C=O) groups excluding carboxylic acids is 1. The lowest BCUT2D eigenvalue weighted by Gasteiger charge is -2.17. The predicted molar refractivity (Wildman–Crippen MR) is 86.9 cm³/mol. The summed E-state index contributed by atoms with van der Waals surface area (Å²) in [6.45, 7) is 3.79. The van der Waals surface area contributed by atoms with E-state index < -0.39 is 5.54 Å². The van der Waals surface area contributed by atoms with Crippen molar-refractivity contribution in [3.05, 3.63) is 66.0 Å². The molecule has 5 heteroatoms. The minimum Gasteiger partial charge on any atom is -0.256 e. The molecule has 0 saturated carbocycles. The molecule has 0 saturated heterocycles. The first-order valence-electron chi connectivity index (χ1n) is 7.61. The fourth-order valence-corrected chi connectivity index (χ4v) is 2.73. The molecule has 0 fully saturated rings.